The Morgan fingerprint density at radius 1 is 1.27 bits per heavy atom. The first kappa shape index (κ1) is 17.8. The minimum Gasteiger partial charge on any atom is -0.487 e. The van der Waals surface area contributed by atoms with Crippen LogP contribution in [0.1, 0.15) is 30.8 Å². The van der Waals surface area contributed by atoms with E-state index in [1.807, 2.05) is 30.3 Å². The van der Waals surface area contributed by atoms with Crippen LogP contribution in [0, 0.1) is 5.92 Å². The molecular weight excluding hydrogens is 338 g/mol. The molecule has 1 aliphatic rings. The van der Waals surface area contributed by atoms with Crippen LogP contribution in [0.4, 0.5) is 8.78 Å². The number of halogens is 2. The molecule has 1 N–H and O–H groups in total. The van der Waals surface area contributed by atoms with Crippen molar-refractivity contribution in [1.29, 1.82) is 0 Å². The summed E-state index contributed by atoms with van der Waals surface area (Å²) in [4.78, 5) is 16.4. The van der Waals surface area contributed by atoms with Crippen molar-refractivity contribution in [3.8, 4) is 5.75 Å². The summed E-state index contributed by atoms with van der Waals surface area (Å²) in [5, 5.41) is 2.39. The molecule has 1 amide bonds. The first-order valence-electron chi connectivity index (χ1n) is 8.24. The first-order chi connectivity index (χ1) is 12.5. The highest BCUT2D eigenvalue weighted by Crippen LogP contribution is 2.30. The monoisotopic (exact) mass is 358 g/mol. The number of nitrogens with zero attached hydrogens (tertiary/aromatic N) is 1. The minimum absolute atomic E-state index is 0. The topological polar surface area (TPSA) is 51.2 Å². The number of benzene rings is 1. The van der Waals surface area contributed by atoms with Crippen molar-refractivity contribution in [2.24, 2.45) is 5.92 Å². The van der Waals surface area contributed by atoms with Gasteiger partial charge in [-0.2, -0.15) is 0 Å². The van der Waals surface area contributed by atoms with Crippen molar-refractivity contribution in [3.05, 3.63) is 83.3 Å². The minimum atomic E-state index is -1.02. The lowest BCUT2D eigenvalue weighted by Gasteiger charge is -2.17. The highest BCUT2D eigenvalue weighted by Gasteiger charge is 2.23. The van der Waals surface area contributed by atoms with Gasteiger partial charge in [-0.25, -0.2) is 8.78 Å². The van der Waals surface area contributed by atoms with Gasteiger partial charge in [-0.3, -0.25) is 9.78 Å². The summed E-state index contributed by atoms with van der Waals surface area (Å²) in [6.45, 7) is 1.85. The largest absolute Gasteiger partial charge is 0.487 e. The molecule has 136 valence electrons. The fourth-order valence-corrected chi connectivity index (χ4v) is 2.45. The molecule has 1 atom stereocenters. The molecule has 0 fully saturated rings. The van der Waals surface area contributed by atoms with Crippen molar-refractivity contribution in [1.82, 2.24) is 10.3 Å². The molecule has 1 aromatic carbocycles. The van der Waals surface area contributed by atoms with Crippen LogP contribution in [0.2, 0.25) is 0 Å². The Hall–Kier alpha value is -3.02. The van der Waals surface area contributed by atoms with Crippen LogP contribution in [0.15, 0.2) is 72.1 Å². The number of aromatic nitrogens is 1. The van der Waals surface area contributed by atoms with Crippen molar-refractivity contribution in [2.75, 3.05) is 0 Å². The molecule has 6 heteroatoms. The third-order valence-electron chi connectivity index (χ3n) is 4.02. The number of ether oxygens (including phenoxy) is 1. The maximum atomic E-state index is 13.9. The van der Waals surface area contributed by atoms with E-state index in [-0.39, 0.29) is 19.3 Å². The number of pyridine rings is 1. The zero-order chi connectivity index (χ0) is 18.5. The van der Waals surface area contributed by atoms with Crippen molar-refractivity contribution < 1.29 is 19.7 Å². The predicted octanol–water partition coefficient (Wildman–Crippen LogP) is 4.71. The van der Waals surface area contributed by atoms with Gasteiger partial charge in [0.2, 0.25) is 0 Å². The van der Waals surface area contributed by atoms with Crippen LogP contribution < -0.4 is 10.1 Å². The molecule has 0 saturated carbocycles. The molecule has 2 aromatic rings. The fourth-order valence-electron chi connectivity index (χ4n) is 2.45. The SMILES string of the molecule is CC1CC=C(NC(=O)c2ccc(COc3ccccc3)nc2)C(F)=C1F.[HH]. The number of carbonyl (C=O) groups is 1. The molecule has 0 radical (unpaired) electrons. The molecule has 1 aliphatic carbocycles. The first-order valence-corrected chi connectivity index (χ1v) is 8.24. The summed E-state index contributed by atoms with van der Waals surface area (Å²) in [7, 11) is 0. The van der Waals surface area contributed by atoms with Crippen LogP contribution in [-0.4, -0.2) is 10.9 Å². The normalized spacial score (nSPS) is 16.9. The highest BCUT2D eigenvalue weighted by molar-refractivity contribution is 5.95. The molecule has 1 aromatic heterocycles. The third-order valence-corrected chi connectivity index (χ3v) is 4.02. The van der Waals surface area contributed by atoms with Gasteiger partial charge in [-0.15, -0.1) is 0 Å². The van der Waals surface area contributed by atoms with E-state index in [0.29, 0.717) is 12.1 Å². The van der Waals surface area contributed by atoms with E-state index in [1.165, 1.54) is 12.3 Å². The Morgan fingerprint density at radius 3 is 2.73 bits per heavy atom. The van der Waals surface area contributed by atoms with Gasteiger partial charge in [0, 0.05) is 13.5 Å². The third kappa shape index (κ3) is 4.14. The second-order valence-electron chi connectivity index (χ2n) is 6.01. The Balaban J connectivity index is 0.00000261. The molecular formula is C20H20F2N2O2. The summed E-state index contributed by atoms with van der Waals surface area (Å²) in [6.07, 6.45) is 3.20. The Kier molecular flexibility index (Phi) is 5.41. The van der Waals surface area contributed by atoms with E-state index >= 15 is 0 Å². The number of hydrogen-bond acceptors (Lipinski definition) is 3. The average molecular weight is 358 g/mol. The van der Waals surface area contributed by atoms with Gasteiger partial charge < -0.3 is 10.1 Å². The molecule has 0 saturated heterocycles. The number of carbonyl (C=O) groups excluding carboxylic acids is 1. The Bertz CT molecular complexity index is 852. The average Bonchev–Trinajstić information content (AvgIpc) is 2.68. The maximum Gasteiger partial charge on any atom is 0.257 e. The number of allylic oxidation sites excluding steroid dienone is 3. The van der Waals surface area contributed by atoms with Crippen molar-refractivity contribution in [2.45, 2.75) is 20.0 Å². The van der Waals surface area contributed by atoms with E-state index < -0.39 is 23.5 Å². The summed E-state index contributed by atoms with van der Waals surface area (Å²) in [6, 6.07) is 12.5. The van der Waals surface area contributed by atoms with E-state index in [1.54, 1.807) is 19.1 Å². The number of hydrogen-bond donors (Lipinski definition) is 1. The Labute approximate surface area is 151 Å². The molecule has 0 bridgehead atoms. The zero-order valence-electron chi connectivity index (χ0n) is 14.2. The molecule has 3 rings (SSSR count). The van der Waals surface area contributed by atoms with Crippen LogP contribution in [0.5, 0.6) is 5.75 Å². The maximum absolute atomic E-state index is 13.9. The number of rotatable bonds is 5. The molecule has 26 heavy (non-hydrogen) atoms. The summed E-state index contributed by atoms with van der Waals surface area (Å²) in [5.41, 5.74) is 0.761. The van der Waals surface area contributed by atoms with Gasteiger partial charge in [0.1, 0.15) is 18.2 Å². The van der Waals surface area contributed by atoms with Gasteiger partial charge in [0.05, 0.1) is 17.0 Å². The summed E-state index contributed by atoms with van der Waals surface area (Å²) < 4.78 is 33.1. The summed E-state index contributed by atoms with van der Waals surface area (Å²) >= 11 is 0. The van der Waals surface area contributed by atoms with Crippen LogP contribution >= 0.6 is 0 Å². The summed E-state index contributed by atoms with van der Waals surface area (Å²) in [5.74, 6) is -2.19. The molecule has 4 nitrogen and oxygen atoms in total. The van der Waals surface area contributed by atoms with Crippen molar-refractivity contribution >= 4 is 5.91 Å². The second kappa shape index (κ2) is 7.91. The smallest absolute Gasteiger partial charge is 0.257 e. The van der Waals surface area contributed by atoms with Crippen LogP contribution in [0.25, 0.3) is 0 Å². The molecule has 0 spiro atoms. The lowest BCUT2D eigenvalue weighted by atomic mass is 9.99. The molecule has 0 aliphatic heterocycles. The molecule has 1 heterocycles. The van der Waals surface area contributed by atoms with Crippen molar-refractivity contribution in [3.63, 3.8) is 0 Å². The van der Waals surface area contributed by atoms with E-state index in [0.717, 1.165) is 5.75 Å². The molecule has 1 unspecified atom stereocenters. The van der Waals surface area contributed by atoms with Crippen LogP contribution in [-0.2, 0) is 6.61 Å². The quantitative estimate of drug-likeness (QED) is 0.842. The number of para-hydroxylation sites is 1. The number of amides is 1. The van der Waals surface area contributed by atoms with E-state index in [2.05, 4.69) is 10.3 Å². The number of nitrogens with one attached hydrogen (secondary N) is 1. The fraction of sp³-hybridized carbons (Fsp3) is 0.200. The van der Waals surface area contributed by atoms with Gasteiger partial charge in [-0.1, -0.05) is 31.2 Å². The highest BCUT2D eigenvalue weighted by atomic mass is 19.2. The van der Waals surface area contributed by atoms with Crippen LogP contribution in [0.3, 0.4) is 0 Å². The lowest BCUT2D eigenvalue weighted by molar-refractivity contribution is 0.0964. The van der Waals surface area contributed by atoms with Gasteiger partial charge in [0.25, 0.3) is 5.91 Å². The van der Waals surface area contributed by atoms with Gasteiger partial charge in [-0.05, 0) is 30.7 Å². The van der Waals surface area contributed by atoms with Gasteiger partial charge >= 0.3 is 0 Å². The standard InChI is InChI=1S/C20H18F2N2O2.H2/c1-13-7-10-17(19(22)18(13)21)24-20(25)14-8-9-15(23-11-14)12-26-16-5-3-2-4-6-16;/h2-6,8-11,13H,7,12H2,1H3,(H,24,25);1H. The lowest BCUT2D eigenvalue weighted by Crippen LogP contribution is -2.25. The Morgan fingerprint density at radius 2 is 2.04 bits per heavy atom. The predicted molar refractivity (Wildman–Crippen MR) is 95.7 cm³/mol. The van der Waals surface area contributed by atoms with E-state index in [4.69, 9.17) is 4.74 Å². The zero-order valence-corrected chi connectivity index (χ0v) is 14.2. The van der Waals surface area contributed by atoms with E-state index in [9.17, 15) is 13.6 Å². The second-order valence-corrected chi connectivity index (χ2v) is 6.01. The van der Waals surface area contributed by atoms with Gasteiger partial charge in [0.15, 0.2) is 5.83 Å².